The average molecular weight is 347 g/mol. The second-order valence-corrected chi connectivity index (χ2v) is 8.44. The lowest BCUT2D eigenvalue weighted by Gasteiger charge is -2.28. The van der Waals surface area contributed by atoms with Gasteiger partial charge in [-0.1, -0.05) is 32.1 Å². The maximum atomic E-state index is 12.9. The van der Waals surface area contributed by atoms with E-state index in [1.54, 1.807) is 0 Å². The van der Waals surface area contributed by atoms with Crippen LogP contribution < -0.4 is 10.6 Å². The van der Waals surface area contributed by atoms with E-state index < -0.39 is 11.6 Å². The summed E-state index contributed by atoms with van der Waals surface area (Å²) < 4.78 is 0. The smallest absolute Gasteiger partial charge is 0.325 e. The fourth-order valence-corrected chi connectivity index (χ4v) is 4.57. The molecule has 6 nitrogen and oxygen atoms in total. The number of amides is 4. The van der Waals surface area contributed by atoms with Gasteiger partial charge in [0.2, 0.25) is 5.91 Å². The summed E-state index contributed by atoms with van der Waals surface area (Å²) in [6, 6.07) is -0.140. The molecule has 0 aromatic rings. The van der Waals surface area contributed by atoms with Gasteiger partial charge in [-0.15, -0.1) is 0 Å². The molecular formula is C19H29N3O3. The van der Waals surface area contributed by atoms with Gasteiger partial charge >= 0.3 is 6.03 Å². The van der Waals surface area contributed by atoms with Crippen LogP contribution in [0.2, 0.25) is 0 Å². The highest BCUT2D eigenvalue weighted by Crippen LogP contribution is 2.44. The van der Waals surface area contributed by atoms with Crippen molar-refractivity contribution >= 4 is 17.8 Å². The van der Waals surface area contributed by atoms with Crippen LogP contribution in [-0.2, 0) is 9.59 Å². The molecule has 138 valence electrons. The molecule has 0 aromatic heterocycles. The van der Waals surface area contributed by atoms with Crippen molar-refractivity contribution in [1.82, 2.24) is 15.5 Å². The molecule has 2 N–H and O–H groups in total. The molecule has 4 fully saturated rings. The van der Waals surface area contributed by atoms with Gasteiger partial charge in [-0.3, -0.25) is 14.5 Å². The summed E-state index contributed by atoms with van der Waals surface area (Å²) in [5.41, 5.74) is -0.760. The molecule has 3 aliphatic carbocycles. The fraction of sp³-hybridized carbons (Fsp3) is 0.842. The van der Waals surface area contributed by atoms with E-state index in [-0.39, 0.29) is 24.4 Å². The summed E-state index contributed by atoms with van der Waals surface area (Å²) in [6.45, 7) is -0.137. The van der Waals surface area contributed by atoms with Gasteiger partial charge in [-0.2, -0.15) is 0 Å². The second kappa shape index (κ2) is 6.61. The van der Waals surface area contributed by atoms with E-state index >= 15 is 0 Å². The van der Waals surface area contributed by atoms with Crippen molar-refractivity contribution in [2.75, 3.05) is 6.54 Å². The first-order chi connectivity index (χ1) is 12.1. The van der Waals surface area contributed by atoms with Crippen LogP contribution in [0.3, 0.4) is 0 Å². The number of carbonyl (C=O) groups is 3. The van der Waals surface area contributed by atoms with E-state index in [9.17, 15) is 14.4 Å². The molecule has 0 bridgehead atoms. The van der Waals surface area contributed by atoms with Crippen LogP contribution in [0.15, 0.2) is 0 Å². The number of carbonyl (C=O) groups excluding carboxylic acids is 3. The Balaban J connectivity index is 1.38. The number of nitrogens with zero attached hydrogens (tertiary/aromatic N) is 1. The predicted molar refractivity (Wildman–Crippen MR) is 92.7 cm³/mol. The quantitative estimate of drug-likeness (QED) is 0.749. The normalized spacial score (nSPS) is 26.5. The minimum absolute atomic E-state index is 0.137. The van der Waals surface area contributed by atoms with Gasteiger partial charge in [0, 0.05) is 6.04 Å². The SMILES string of the molecule is O=C(CN1C(=O)NC2(CCCCCCC2)C1=O)NC(C1CC1)C1CC1. The number of urea groups is 1. The zero-order valence-corrected chi connectivity index (χ0v) is 14.9. The molecule has 1 aliphatic heterocycles. The number of hydrogen-bond donors (Lipinski definition) is 2. The van der Waals surface area contributed by atoms with Gasteiger partial charge in [-0.25, -0.2) is 4.79 Å². The summed E-state index contributed by atoms with van der Waals surface area (Å²) in [4.78, 5) is 38.9. The van der Waals surface area contributed by atoms with Crippen molar-refractivity contribution in [2.24, 2.45) is 11.8 Å². The third-order valence-electron chi connectivity index (χ3n) is 6.34. The Hall–Kier alpha value is -1.59. The van der Waals surface area contributed by atoms with Crippen molar-refractivity contribution in [3.8, 4) is 0 Å². The Labute approximate surface area is 149 Å². The number of hydrogen-bond acceptors (Lipinski definition) is 3. The zero-order chi connectivity index (χ0) is 17.4. The van der Waals surface area contributed by atoms with E-state index in [2.05, 4.69) is 10.6 Å². The zero-order valence-electron chi connectivity index (χ0n) is 14.9. The summed E-state index contributed by atoms with van der Waals surface area (Å²) in [6.07, 6.45) is 11.5. The topological polar surface area (TPSA) is 78.5 Å². The fourth-order valence-electron chi connectivity index (χ4n) is 4.57. The van der Waals surface area contributed by atoms with Crippen molar-refractivity contribution in [3.05, 3.63) is 0 Å². The first kappa shape index (κ1) is 16.9. The number of rotatable bonds is 5. The van der Waals surface area contributed by atoms with E-state index in [4.69, 9.17) is 0 Å². The summed E-state index contributed by atoms with van der Waals surface area (Å²) in [5.74, 6) is 0.840. The molecule has 1 spiro atoms. The second-order valence-electron chi connectivity index (χ2n) is 8.44. The maximum absolute atomic E-state index is 12.9. The van der Waals surface area contributed by atoms with E-state index in [1.165, 1.54) is 32.1 Å². The molecule has 1 heterocycles. The monoisotopic (exact) mass is 347 g/mol. The summed E-state index contributed by atoms with van der Waals surface area (Å²) in [7, 11) is 0. The molecule has 0 aromatic carbocycles. The Kier molecular flexibility index (Phi) is 4.46. The highest BCUT2D eigenvalue weighted by Gasteiger charge is 2.51. The van der Waals surface area contributed by atoms with Gasteiger partial charge in [0.15, 0.2) is 0 Å². The Morgan fingerprint density at radius 2 is 1.60 bits per heavy atom. The molecule has 4 amide bonds. The highest BCUT2D eigenvalue weighted by atomic mass is 16.2. The Bertz CT molecular complexity index is 548. The molecule has 0 radical (unpaired) electrons. The van der Waals surface area contributed by atoms with Crippen molar-refractivity contribution < 1.29 is 14.4 Å². The maximum Gasteiger partial charge on any atom is 0.325 e. The van der Waals surface area contributed by atoms with Crippen LogP contribution in [0.5, 0.6) is 0 Å². The van der Waals surface area contributed by atoms with Gasteiger partial charge < -0.3 is 10.6 Å². The van der Waals surface area contributed by atoms with Crippen LogP contribution in [0.4, 0.5) is 4.79 Å². The molecule has 0 unspecified atom stereocenters. The third kappa shape index (κ3) is 3.53. The third-order valence-corrected chi connectivity index (χ3v) is 6.34. The molecule has 4 aliphatic rings. The minimum atomic E-state index is -0.760. The van der Waals surface area contributed by atoms with Crippen LogP contribution in [0.25, 0.3) is 0 Å². The minimum Gasteiger partial charge on any atom is -0.351 e. The van der Waals surface area contributed by atoms with Crippen molar-refractivity contribution in [1.29, 1.82) is 0 Å². The van der Waals surface area contributed by atoms with Crippen LogP contribution >= 0.6 is 0 Å². The Morgan fingerprint density at radius 3 is 2.16 bits per heavy atom. The van der Waals surface area contributed by atoms with Crippen molar-refractivity contribution in [2.45, 2.75) is 82.2 Å². The lowest BCUT2D eigenvalue weighted by Crippen LogP contribution is -2.49. The average Bonchev–Trinajstić information content (AvgIpc) is 3.45. The lowest BCUT2D eigenvalue weighted by molar-refractivity contribution is -0.135. The van der Waals surface area contributed by atoms with Crippen LogP contribution in [-0.4, -0.2) is 40.9 Å². The van der Waals surface area contributed by atoms with E-state index in [1.807, 2.05) is 0 Å². The first-order valence-corrected chi connectivity index (χ1v) is 10.0. The molecule has 1 saturated heterocycles. The van der Waals surface area contributed by atoms with E-state index in [0.717, 1.165) is 30.6 Å². The molecule has 3 saturated carbocycles. The van der Waals surface area contributed by atoms with Crippen LogP contribution in [0.1, 0.15) is 70.6 Å². The summed E-state index contributed by atoms with van der Waals surface area (Å²) in [5, 5.41) is 6.03. The van der Waals surface area contributed by atoms with E-state index in [0.29, 0.717) is 24.7 Å². The van der Waals surface area contributed by atoms with Crippen molar-refractivity contribution in [3.63, 3.8) is 0 Å². The Morgan fingerprint density at radius 1 is 1.04 bits per heavy atom. The molecular weight excluding hydrogens is 318 g/mol. The van der Waals surface area contributed by atoms with Gasteiger partial charge in [0.1, 0.15) is 12.1 Å². The number of imide groups is 1. The van der Waals surface area contributed by atoms with Crippen LogP contribution in [0, 0.1) is 11.8 Å². The lowest BCUT2D eigenvalue weighted by atomic mass is 9.84. The predicted octanol–water partition coefficient (Wildman–Crippen LogP) is 2.33. The first-order valence-electron chi connectivity index (χ1n) is 10.0. The largest absolute Gasteiger partial charge is 0.351 e. The molecule has 4 rings (SSSR count). The van der Waals surface area contributed by atoms with Gasteiger partial charge in [0.25, 0.3) is 5.91 Å². The van der Waals surface area contributed by atoms with Gasteiger partial charge in [-0.05, 0) is 50.4 Å². The standard InChI is InChI=1S/C19H29N3O3/c23-15(20-16(13-6-7-13)14-8-9-14)12-22-17(24)19(21-18(22)25)10-4-2-1-3-5-11-19/h13-14,16H,1-12H2,(H,20,23)(H,21,25). The van der Waals surface area contributed by atoms with Gasteiger partial charge in [0.05, 0.1) is 0 Å². The molecule has 0 atom stereocenters. The summed E-state index contributed by atoms with van der Waals surface area (Å²) >= 11 is 0. The molecule has 25 heavy (non-hydrogen) atoms. The number of nitrogens with one attached hydrogen (secondary N) is 2. The highest BCUT2D eigenvalue weighted by molar-refractivity contribution is 6.09. The molecule has 6 heteroatoms.